The maximum Gasteiger partial charge on any atom is 0.490 e. The molecule has 1 aromatic heterocycles. The molecular formula is C22H28F6N2O7. The van der Waals surface area contributed by atoms with Crippen molar-refractivity contribution in [2.24, 2.45) is 11.8 Å². The normalized spacial score (nSPS) is 25.7. The number of hydrogen-bond acceptors (Lipinski definition) is 7. The van der Waals surface area contributed by atoms with Gasteiger partial charge in [-0.15, -0.1) is 0 Å². The number of pyridine rings is 1. The van der Waals surface area contributed by atoms with E-state index in [1.165, 1.54) is 19.4 Å². The molecule has 3 fully saturated rings. The summed E-state index contributed by atoms with van der Waals surface area (Å²) in [7, 11) is 0. The van der Waals surface area contributed by atoms with E-state index >= 15 is 0 Å². The topological polar surface area (TPSA) is 118 Å². The van der Waals surface area contributed by atoms with Crippen LogP contribution in [0.25, 0.3) is 0 Å². The summed E-state index contributed by atoms with van der Waals surface area (Å²) >= 11 is 0. The number of carboxylic acids is 2. The highest BCUT2D eigenvalue weighted by molar-refractivity contribution is 5.73. The number of alkyl halides is 6. The first-order chi connectivity index (χ1) is 17.3. The van der Waals surface area contributed by atoms with Gasteiger partial charge >= 0.3 is 24.3 Å². The summed E-state index contributed by atoms with van der Waals surface area (Å²) in [4.78, 5) is 24.7. The van der Waals surface area contributed by atoms with E-state index in [1.807, 2.05) is 18.2 Å². The summed E-state index contributed by atoms with van der Waals surface area (Å²) in [6.07, 6.45) is -4.53. The summed E-state index contributed by atoms with van der Waals surface area (Å²) in [5, 5.41) is 14.2. The first-order valence-corrected chi connectivity index (χ1v) is 11.3. The van der Waals surface area contributed by atoms with Crippen molar-refractivity contribution in [3.05, 3.63) is 24.4 Å². The number of halogens is 6. The van der Waals surface area contributed by atoms with Gasteiger partial charge in [-0.1, -0.05) is 6.07 Å². The third kappa shape index (κ3) is 10.7. The Morgan fingerprint density at radius 3 is 2.19 bits per heavy atom. The Kier molecular flexibility index (Phi) is 11.4. The first kappa shape index (κ1) is 30.6. The van der Waals surface area contributed by atoms with Crippen LogP contribution in [-0.2, 0) is 19.1 Å². The van der Waals surface area contributed by atoms with Crippen LogP contribution in [0.15, 0.2) is 24.4 Å². The number of carboxylic acid groups (broad SMARTS) is 2. The Balaban J connectivity index is 0.000000286. The zero-order valence-electron chi connectivity index (χ0n) is 19.6. The van der Waals surface area contributed by atoms with Crippen LogP contribution in [0, 0.1) is 11.8 Å². The van der Waals surface area contributed by atoms with Gasteiger partial charge in [-0.3, -0.25) is 4.90 Å². The third-order valence-corrected chi connectivity index (χ3v) is 5.86. The molecule has 1 aromatic rings. The fourth-order valence-electron chi connectivity index (χ4n) is 4.18. The number of morpholine rings is 1. The molecule has 15 heteroatoms. The summed E-state index contributed by atoms with van der Waals surface area (Å²) < 4.78 is 80.9. The predicted molar refractivity (Wildman–Crippen MR) is 114 cm³/mol. The van der Waals surface area contributed by atoms with Crippen molar-refractivity contribution in [3.8, 4) is 5.88 Å². The van der Waals surface area contributed by atoms with Gasteiger partial charge in [0.15, 0.2) is 0 Å². The van der Waals surface area contributed by atoms with E-state index in [9.17, 15) is 26.3 Å². The molecule has 1 saturated carbocycles. The van der Waals surface area contributed by atoms with Crippen molar-refractivity contribution >= 4 is 11.9 Å². The van der Waals surface area contributed by atoms with E-state index in [0.717, 1.165) is 45.3 Å². The summed E-state index contributed by atoms with van der Waals surface area (Å²) in [5.41, 5.74) is 0. The molecule has 0 amide bonds. The fraction of sp³-hybridized carbons (Fsp3) is 0.682. The molecule has 2 N–H and O–H groups in total. The van der Waals surface area contributed by atoms with Gasteiger partial charge < -0.3 is 24.4 Å². The lowest BCUT2D eigenvalue weighted by Gasteiger charge is -2.38. The van der Waals surface area contributed by atoms with Gasteiger partial charge in [-0.05, 0) is 37.2 Å². The third-order valence-electron chi connectivity index (χ3n) is 5.86. The summed E-state index contributed by atoms with van der Waals surface area (Å²) in [6.45, 7) is 5.70. The zero-order valence-corrected chi connectivity index (χ0v) is 19.6. The zero-order chi connectivity index (χ0) is 27.6. The van der Waals surface area contributed by atoms with E-state index in [1.54, 1.807) is 6.20 Å². The molecule has 3 aliphatic rings. The van der Waals surface area contributed by atoms with Crippen molar-refractivity contribution in [2.75, 3.05) is 39.5 Å². The van der Waals surface area contributed by atoms with Gasteiger partial charge in [0, 0.05) is 38.0 Å². The lowest BCUT2D eigenvalue weighted by molar-refractivity contribution is -0.193. The molecule has 4 atom stereocenters. The minimum Gasteiger partial charge on any atom is -0.477 e. The number of hydrogen-bond donors (Lipinski definition) is 2. The summed E-state index contributed by atoms with van der Waals surface area (Å²) in [6, 6.07) is 6.35. The molecule has 0 radical (unpaired) electrons. The molecule has 4 rings (SSSR count). The van der Waals surface area contributed by atoms with Gasteiger partial charge in [-0.2, -0.15) is 26.3 Å². The second kappa shape index (κ2) is 13.8. The Labute approximate surface area is 208 Å². The Bertz CT molecular complexity index is 826. The second-order valence-corrected chi connectivity index (χ2v) is 8.62. The van der Waals surface area contributed by atoms with Crippen LogP contribution in [0.4, 0.5) is 26.3 Å². The standard InChI is InChI=1S/C18H26N2O3.2C2HF3O2/c1-2-5-19-18(3-1)23-13-15-9-16-17(10-15)22-8-6-20(16)11-14-4-7-21-12-14;2*3-2(4,5)1(6)7/h1-3,5,14-17H,4,6-13H2;2*(H,6,7)/t14?,15?,16-,17-;;/m1../s1. The quantitative estimate of drug-likeness (QED) is 0.537. The molecule has 3 heterocycles. The number of carbonyl (C=O) groups is 2. The average molecular weight is 546 g/mol. The van der Waals surface area contributed by atoms with Gasteiger partial charge in [0.05, 0.1) is 25.9 Å². The minimum atomic E-state index is -5.08. The van der Waals surface area contributed by atoms with Gasteiger partial charge in [0.25, 0.3) is 0 Å². The summed E-state index contributed by atoms with van der Waals surface area (Å²) in [5.74, 6) is -3.52. The van der Waals surface area contributed by atoms with Gasteiger partial charge in [0.1, 0.15) is 0 Å². The first-order valence-electron chi connectivity index (χ1n) is 11.3. The smallest absolute Gasteiger partial charge is 0.477 e. The molecule has 37 heavy (non-hydrogen) atoms. The fourth-order valence-corrected chi connectivity index (χ4v) is 4.18. The minimum absolute atomic E-state index is 0.378. The number of rotatable bonds is 5. The molecule has 2 saturated heterocycles. The van der Waals surface area contributed by atoms with E-state index in [2.05, 4.69) is 9.88 Å². The highest BCUT2D eigenvalue weighted by Gasteiger charge is 2.42. The van der Waals surface area contributed by atoms with Crippen LogP contribution in [0.2, 0.25) is 0 Å². The van der Waals surface area contributed by atoms with Crippen LogP contribution in [0.3, 0.4) is 0 Å². The monoisotopic (exact) mass is 546 g/mol. The van der Waals surface area contributed by atoms with Crippen molar-refractivity contribution in [1.29, 1.82) is 0 Å². The van der Waals surface area contributed by atoms with Crippen molar-refractivity contribution in [3.63, 3.8) is 0 Å². The molecular weight excluding hydrogens is 518 g/mol. The lowest BCUT2D eigenvalue weighted by Crippen LogP contribution is -2.50. The van der Waals surface area contributed by atoms with Crippen molar-refractivity contribution < 1.29 is 60.4 Å². The number of aliphatic carboxylic acids is 2. The Morgan fingerprint density at radius 1 is 1.03 bits per heavy atom. The van der Waals surface area contributed by atoms with Crippen LogP contribution in [0.5, 0.6) is 5.88 Å². The molecule has 9 nitrogen and oxygen atoms in total. The molecule has 0 aromatic carbocycles. The van der Waals surface area contributed by atoms with Crippen LogP contribution in [0.1, 0.15) is 19.3 Å². The SMILES string of the molecule is O=C(O)C(F)(F)F.O=C(O)C(F)(F)F.c1ccc(OCC2C[C@@H]3[C@@H](C2)OCCN3CC2CCOC2)nc1. The molecule has 0 bridgehead atoms. The van der Waals surface area contributed by atoms with Crippen LogP contribution in [-0.4, -0.2) is 96.1 Å². The maximum absolute atomic E-state index is 10.6. The number of aromatic nitrogens is 1. The highest BCUT2D eigenvalue weighted by atomic mass is 19.4. The molecule has 2 unspecified atom stereocenters. The van der Waals surface area contributed by atoms with E-state index in [4.69, 9.17) is 34.0 Å². The number of nitrogens with zero attached hydrogens (tertiary/aromatic N) is 2. The van der Waals surface area contributed by atoms with Crippen LogP contribution < -0.4 is 4.74 Å². The molecule has 2 aliphatic heterocycles. The van der Waals surface area contributed by atoms with E-state index in [-0.39, 0.29) is 0 Å². The lowest BCUT2D eigenvalue weighted by atomic mass is 10.0. The van der Waals surface area contributed by atoms with E-state index < -0.39 is 24.3 Å². The largest absolute Gasteiger partial charge is 0.490 e. The van der Waals surface area contributed by atoms with Gasteiger partial charge in [-0.25, -0.2) is 14.6 Å². The van der Waals surface area contributed by atoms with Crippen molar-refractivity contribution in [1.82, 2.24) is 9.88 Å². The van der Waals surface area contributed by atoms with Gasteiger partial charge in [0.2, 0.25) is 5.88 Å². The van der Waals surface area contributed by atoms with Crippen molar-refractivity contribution in [2.45, 2.75) is 43.8 Å². The number of ether oxygens (including phenoxy) is 3. The molecule has 210 valence electrons. The molecule has 1 aliphatic carbocycles. The molecule has 0 spiro atoms. The highest BCUT2D eigenvalue weighted by Crippen LogP contribution is 2.35. The van der Waals surface area contributed by atoms with Crippen LogP contribution >= 0.6 is 0 Å². The predicted octanol–water partition coefficient (Wildman–Crippen LogP) is 3.24. The Morgan fingerprint density at radius 2 is 1.68 bits per heavy atom. The van der Waals surface area contributed by atoms with E-state index in [0.29, 0.717) is 24.0 Å². The maximum atomic E-state index is 10.6. The average Bonchev–Trinajstić information content (AvgIpc) is 3.48. The number of fused-ring (bicyclic) bond motifs is 1. The Hall–Kier alpha value is -2.65. The second-order valence-electron chi connectivity index (χ2n) is 8.62.